The van der Waals surface area contributed by atoms with Crippen LogP contribution in [0, 0.1) is 0 Å². The molecule has 2 rings (SSSR count). The van der Waals surface area contributed by atoms with E-state index in [9.17, 15) is 4.79 Å². The topological polar surface area (TPSA) is 70.6 Å². The molecule has 0 fully saturated rings. The first kappa shape index (κ1) is 15.9. The van der Waals surface area contributed by atoms with E-state index in [2.05, 4.69) is 10.6 Å². The van der Waals surface area contributed by atoms with Gasteiger partial charge in [0.05, 0.1) is 6.61 Å². The van der Waals surface area contributed by atoms with Gasteiger partial charge in [-0.15, -0.1) is 0 Å². The van der Waals surface area contributed by atoms with Crippen LogP contribution >= 0.6 is 12.2 Å². The zero-order valence-corrected chi connectivity index (χ0v) is 12.6. The van der Waals surface area contributed by atoms with Crippen LogP contribution in [0.3, 0.4) is 0 Å². The highest BCUT2D eigenvalue weighted by Gasteiger charge is 2.06. The Labute approximate surface area is 133 Å². The second-order valence-corrected chi connectivity index (χ2v) is 4.87. The molecule has 114 valence electrons. The lowest BCUT2D eigenvalue weighted by Gasteiger charge is -2.11. The van der Waals surface area contributed by atoms with Gasteiger partial charge in [0.2, 0.25) is 0 Å². The molecule has 0 saturated carbocycles. The zero-order chi connectivity index (χ0) is 15.8. The van der Waals surface area contributed by atoms with Gasteiger partial charge >= 0.3 is 0 Å². The van der Waals surface area contributed by atoms with Gasteiger partial charge in [-0.3, -0.25) is 10.1 Å². The van der Waals surface area contributed by atoms with Gasteiger partial charge in [-0.2, -0.15) is 0 Å². The first-order chi connectivity index (χ1) is 10.7. The molecule has 0 heterocycles. The van der Waals surface area contributed by atoms with Crippen LogP contribution in [0.5, 0.6) is 5.75 Å². The Kier molecular flexibility index (Phi) is 5.88. The van der Waals surface area contributed by atoms with Crippen molar-refractivity contribution in [3.63, 3.8) is 0 Å². The number of hydrogen-bond acceptors (Lipinski definition) is 4. The number of rotatable bonds is 5. The molecule has 0 aromatic heterocycles. The molecule has 0 aliphatic carbocycles. The normalized spacial score (nSPS) is 9.86. The molecule has 0 saturated heterocycles. The smallest absolute Gasteiger partial charge is 0.264 e. The van der Waals surface area contributed by atoms with Gasteiger partial charge in [0, 0.05) is 5.69 Å². The average molecular weight is 316 g/mol. The number of nitrogens with one attached hydrogen (secondary N) is 2. The Hall–Kier alpha value is -2.44. The van der Waals surface area contributed by atoms with E-state index in [-0.39, 0.29) is 24.2 Å². The van der Waals surface area contributed by atoms with Crippen molar-refractivity contribution >= 4 is 28.9 Å². The fourth-order valence-corrected chi connectivity index (χ4v) is 1.97. The van der Waals surface area contributed by atoms with E-state index in [0.717, 1.165) is 5.56 Å². The van der Waals surface area contributed by atoms with E-state index in [4.69, 9.17) is 22.1 Å². The summed E-state index contributed by atoms with van der Waals surface area (Å²) in [5, 5.41) is 14.7. The quantitative estimate of drug-likeness (QED) is 0.737. The van der Waals surface area contributed by atoms with Crippen molar-refractivity contribution in [1.29, 1.82) is 0 Å². The highest BCUT2D eigenvalue weighted by molar-refractivity contribution is 7.80. The lowest BCUT2D eigenvalue weighted by molar-refractivity contribution is -0.121. The van der Waals surface area contributed by atoms with Crippen LogP contribution in [0.2, 0.25) is 0 Å². The second kappa shape index (κ2) is 8.11. The van der Waals surface area contributed by atoms with Crippen LogP contribution in [0.4, 0.5) is 5.69 Å². The predicted molar refractivity (Wildman–Crippen MR) is 88.7 cm³/mol. The van der Waals surface area contributed by atoms with Gasteiger partial charge in [-0.05, 0) is 42.0 Å². The van der Waals surface area contributed by atoms with Crippen molar-refractivity contribution in [1.82, 2.24) is 5.32 Å². The minimum absolute atomic E-state index is 0.0560. The summed E-state index contributed by atoms with van der Waals surface area (Å²) in [5.41, 5.74) is 1.45. The first-order valence-corrected chi connectivity index (χ1v) is 7.06. The van der Waals surface area contributed by atoms with Gasteiger partial charge in [0.25, 0.3) is 5.91 Å². The molecule has 22 heavy (non-hydrogen) atoms. The van der Waals surface area contributed by atoms with Crippen LogP contribution in [-0.2, 0) is 11.4 Å². The minimum Gasteiger partial charge on any atom is -0.484 e. The van der Waals surface area contributed by atoms with Crippen molar-refractivity contribution in [2.45, 2.75) is 6.61 Å². The number of hydrogen-bond donors (Lipinski definition) is 3. The molecule has 0 spiro atoms. The average Bonchev–Trinajstić information content (AvgIpc) is 2.54. The minimum atomic E-state index is -0.348. The van der Waals surface area contributed by atoms with Gasteiger partial charge in [0.1, 0.15) is 5.75 Å². The molecule has 0 atom stereocenters. The molecule has 3 N–H and O–H groups in total. The molecule has 2 aromatic rings. The molecule has 0 radical (unpaired) electrons. The first-order valence-electron chi connectivity index (χ1n) is 6.66. The highest BCUT2D eigenvalue weighted by Crippen LogP contribution is 2.10. The third-order valence-corrected chi connectivity index (χ3v) is 2.94. The van der Waals surface area contributed by atoms with Crippen molar-refractivity contribution in [2.24, 2.45) is 0 Å². The molecule has 1 amide bonds. The fourth-order valence-electron chi connectivity index (χ4n) is 1.74. The molecule has 0 aliphatic rings. The largest absolute Gasteiger partial charge is 0.484 e. The number of para-hydroxylation sites is 1. The molecule has 0 aliphatic heterocycles. The van der Waals surface area contributed by atoms with Crippen LogP contribution < -0.4 is 15.4 Å². The molecule has 0 unspecified atom stereocenters. The number of amides is 1. The predicted octanol–water partition coefficient (Wildman–Crippen LogP) is 2.07. The number of carbonyl (C=O) groups excluding carboxylic acids is 1. The zero-order valence-electron chi connectivity index (χ0n) is 11.8. The Morgan fingerprint density at radius 1 is 1.14 bits per heavy atom. The lowest BCUT2D eigenvalue weighted by Crippen LogP contribution is -2.37. The maximum atomic E-state index is 11.7. The lowest BCUT2D eigenvalue weighted by atomic mass is 10.2. The van der Waals surface area contributed by atoms with Crippen molar-refractivity contribution in [3.8, 4) is 5.75 Å². The van der Waals surface area contributed by atoms with E-state index in [0.29, 0.717) is 11.4 Å². The standard InChI is InChI=1S/C16H16N2O3S/c19-10-12-5-4-6-13(9-12)17-16(22)18-15(20)11-21-14-7-2-1-3-8-14/h1-9,19H,10-11H2,(H2,17,18,20,22). The van der Waals surface area contributed by atoms with Gasteiger partial charge in [-0.1, -0.05) is 30.3 Å². The molecule has 0 bridgehead atoms. The molecular weight excluding hydrogens is 300 g/mol. The Balaban J connectivity index is 1.79. The van der Waals surface area contributed by atoms with Crippen molar-refractivity contribution in [3.05, 3.63) is 60.2 Å². The molecule has 2 aromatic carbocycles. The maximum absolute atomic E-state index is 11.7. The van der Waals surface area contributed by atoms with Crippen LogP contribution in [0.25, 0.3) is 0 Å². The molecule has 5 nitrogen and oxygen atoms in total. The van der Waals surface area contributed by atoms with Gasteiger partial charge < -0.3 is 15.2 Å². The molecular formula is C16H16N2O3S. The maximum Gasteiger partial charge on any atom is 0.264 e. The summed E-state index contributed by atoms with van der Waals surface area (Å²) < 4.78 is 5.32. The van der Waals surface area contributed by atoms with E-state index >= 15 is 0 Å². The van der Waals surface area contributed by atoms with E-state index in [1.165, 1.54) is 0 Å². The molecule has 6 heteroatoms. The van der Waals surface area contributed by atoms with Crippen molar-refractivity contribution < 1.29 is 14.6 Å². The van der Waals surface area contributed by atoms with Crippen LogP contribution in [-0.4, -0.2) is 22.7 Å². The monoisotopic (exact) mass is 316 g/mol. The highest BCUT2D eigenvalue weighted by atomic mass is 32.1. The van der Waals surface area contributed by atoms with Crippen LogP contribution in [0.15, 0.2) is 54.6 Å². The summed E-state index contributed by atoms with van der Waals surface area (Å²) in [6.45, 7) is -0.179. The van der Waals surface area contributed by atoms with E-state index < -0.39 is 0 Å². The second-order valence-electron chi connectivity index (χ2n) is 4.46. The Morgan fingerprint density at radius 3 is 2.64 bits per heavy atom. The van der Waals surface area contributed by atoms with Crippen LogP contribution in [0.1, 0.15) is 5.56 Å². The van der Waals surface area contributed by atoms with Gasteiger partial charge in [-0.25, -0.2) is 0 Å². The van der Waals surface area contributed by atoms with E-state index in [1.54, 1.807) is 36.4 Å². The summed E-state index contributed by atoms with van der Waals surface area (Å²) in [6.07, 6.45) is 0. The Bertz CT molecular complexity index is 647. The third kappa shape index (κ3) is 5.16. The summed E-state index contributed by atoms with van der Waals surface area (Å²) in [5.74, 6) is 0.270. The van der Waals surface area contributed by atoms with Gasteiger partial charge in [0.15, 0.2) is 11.7 Å². The number of aliphatic hydroxyl groups excluding tert-OH is 1. The fraction of sp³-hybridized carbons (Fsp3) is 0.125. The number of ether oxygens (including phenoxy) is 1. The summed E-state index contributed by atoms with van der Waals surface area (Å²) in [6, 6.07) is 16.2. The third-order valence-electron chi connectivity index (χ3n) is 2.73. The van der Waals surface area contributed by atoms with E-state index in [1.807, 2.05) is 18.2 Å². The SMILES string of the molecule is O=C(COc1ccccc1)NC(=S)Nc1cccc(CO)c1. The number of aliphatic hydroxyl groups is 1. The number of carbonyl (C=O) groups is 1. The Morgan fingerprint density at radius 2 is 1.91 bits per heavy atom. The van der Waals surface area contributed by atoms with Crippen molar-refractivity contribution in [2.75, 3.05) is 11.9 Å². The summed E-state index contributed by atoms with van der Waals surface area (Å²) in [7, 11) is 0. The summed E-state index contributed by atoms with van der Waals surface area (Å²) >= 11 is 5.06. The summed E-state index contributed by atoms with van der Waals surface area (Å²) in [4.78, 5) is 11.7. The number of thiocarbonyl (C=S) groups is 1. The number of benzene rings is 2. The number of anilines is 1.